The van der Waals surface area contributed by atoms with Gasteiger partial charge in [0.1, 0.15) is 0 Å². The molecule has 1 aromatic heterocycles. The molecule has 1 aromatic carbocycles. The van der Waals surface area contributed by atoms with Crippen LogP contribution in [0.25, 0.3) is 0 Å². The van der Waals surface area contributed by atoms with Crippen molar-refractivity contribution in [3.63, 3.8) is 0 Å². The van der Waals surface area contributed by atoms with Crippen LogP contribution in [-0.4, -0.2) is 13.6 Å². The number of anilines is 2. The number of aromatic nitrogens is 1. The van der Waals surface area contributed by atoms with Gasteiger partial charge in [0.2, 0.25) is 0 Å². The van der Waals surface area contributed by atoms with Crippen molar-refractivity contribution in [3.05, 3.63) is 36.0 Å². The Bertz CT molecular complexity index is 714. The molecule has 7 heteroatoms. The Morgan fingerprint density at radius 2 is 1.90 bits per heavy atom. The summed E-state index contributed by atoms with van der Waals surface area (Å²) >= 11 is 0. The molecule has 0 saturated carbocycles. The van der Waals surface area contributed by atoms with Crippen molar-refractivity contribution >= 4 is 21.4 Å². The lowest BCUT2D eigenvalue weighted by Gasteiger charge is -2.12. The van der Waals surface area contributed by atoms with Gasteiger partial charge in [-0.2, -0.15) is 8.42 Å². The van der Waals surface area contributed by atoms with E-state index < -0.39 is 10.0 Å². The van der Waals surface area contributed by atoms with Gasteiger partial charge in [0.15, 0.2) is 0 Å². The van der Waals surface area contributed by atoms with E-state index in [0.29, 0.717) is 17.1 Å². The first kappa shape index (κ1) is 14.4. The van der Waals surface area contributed by atoms with E-state index in [1.54, 1.807) is 24.3 Å². The molecule has 2 aromatic rings. The summed E-state index contributed by atoms with van der Waals surface area (Å²) in [5.41, 5.74) is 6.63. The molecule has 0 aliphatic carbocycles. The first-order chi connectivity index (χ1) is 9.20. The van der Waals surface area contributed by atoms with E-state index in [9.17, 15) is 8.42 Å². The summed E-state index contributed by atoms with van der Waals surface area (Å²) < 4.78 is 31.7. The van der Waals surface area contributed by atoms with Gasteiger partial charge in [0.05, 0.1) is 17.1 Å². The zero-order chi connectivity index (χ0) is 15.0. The Kier molecular flexibility index (Phi) is 3.47. The van der Waals surface area contributed by atoms with E-state index in [4.69, 9.17) is 10.3 Å². The molecule has 0 saturated heterocycles. The molecule has 0 aliphatic heterocycles. The normalized spacial score (nSPS) is 12.3. The molecular weight excluding hydrogens is 278 g/mol. The van der Waals surface area contributed by atoms with E-state index in [0.717, 1.165) is 0 Å². The predicted octanol–water partition coefficient (Wildman–Crippen LogP) is 2.36. The van der Waals surface area contributed by atoms with Crippen molar-refractivity contribution in [1.82, 2.24) is 5.16 Å². The Hall–Kier alpha value is -2.02. The van der Waals surface area contributed by atoms with Crippen LogP contribution in [-0.2, 0) is 15.4 Å². The van der Waals surface area contributed by atoms with Crippen molar-refractivity contribution in [2.45, 2.75) is 31.3 Å². The molecule has 0 fully saturated rings. The Labute approximate surface area is 118 Å². The molecule has 108 valence electrons. The molecule has 20 heavy (non-hydrogen) atoms. The molecule has 0 bridgehead atoms. The molecule has 1 heterocycles. The third kappa shape index (κ3) is 2.93. The van der Waals surface area contributed by atoms with Gasteiger partial charge in [-0.1, -0.05) is 38.1 Å². The van der Waals surface area contributed by atoms with E-state index in [1.807, 2.05) is 20.8 Å². The van der Waals surface area contributed by atoms with E-state index >= 15 is 0 Å². The molecule has 2 rings (SSSR count). The molecular formula is C13H17N3O3S. The number of nitrogens with two attached hydrogens (primary N) is 1. The van der Waals surface area contributed by atoms with Gasteiger partial charge >= 0.3 is 0 Å². The molecule has 0 amide bonds. The molecule has 0 aliphatic rings. The monoisotopic (exact) mass is 295 g/mol. The second-order valence-corrected chi connectivity index (χ2v) is 7.09. The van der Waals surface area contributed by atoms with E-state index in [-0.39, 0.29) is 10.5 Å². The lowest BCUT2D eigenvalue weighted by atomic mass is 9.93. The quantitative estimate of drug-likeness (QED) is 0.847. The van der Waals surface area contributed by atoms with E-state index in [1.165, 1.54) is 6.07 Å². The SMILES string of the molecule is CC(C)(C)c1cc(S(=O)(=O)Nc2ccccc2N)on1. The van der Waals surface area contributed by atoms with Crippen LogP contribution < -0.4 is 10.5 Å². The van der Waals surface area contributed by atoms with Crippen LogP contribution in [0.5, 0.6) is 0 Å². The van der Waals surface area contributed by atoms with Crippen molar-refractivity contribution in [2.75, 3.05) is 10.5 Å². The maximum Gasteiger partial charge on any atom is 0.298 e. The van der Waals surface area contributed by atoms with Crippen LogP contribution in [0.4, 0.5) is 11.4 Å². The second-order valence-electron chi connectivity index (χ2n) is 5.47. The van der Waals surface area contributed by atoms with Gasteiger partial charge in [-0.05, 0) is 12.1 Å². The molecule has 0 radical (unpaired) electrons. The number of benzene rings is 1. The van der Waals surface area contributed by atoms with Gasteiger partial charge in [-0.25, -0.2) is 0 Å². The van der Waals surface area contributed by atoms with Gasteiger partial charge in [0, 0.05) is 11.5 Å². The first-order valence-corrected chi connectivity index (χ1v) is 7.53. The third-order valence-corrected chi connectivity index (χ3v) is 3.94. The molecule has 0 atom stereocenters. The highest BCUT2D eigenvalue weighted by Gasteiger charge is 2.25. The third-order valence-electron chi connectivity index (χ3n) is 2.73. The van der Waals surface area contributed by atoms with Crippen LogP contribution >= 0.6 is 0 Å². The van der Waals surface area contributed by atoms with Gasteiger partial charge < -0.3 is 10.3 Å². The Morgan fingerprint density at radius 3 is 2.45 bits per heavy atom. The topological polar surface area (TPSA) is 98.2 Å². The van der Waals surface area contributed by atoms with Crippen molar-refractivity contribution in [1.29, 1.82) is 0 Å². The lowest BCUT2D eigenvalue weighted by Crippen LogP contribution is -2.14. The molecule has 3 N–H and O–H groups in total. The van der Waals surface area contributed by atoms with Gasteiger partial charge in [0.25, 0.3) is 15.1 Å². The summed E-state index contributed by atoms with van der Waals surface area (Å²) in [5.74, 6) is 0. The number of nitrogen functional groups attached to an aromatic ring is 1. The van der Waals surface area contributed by atoms with Crippen LogP contribution in [0.3, 0.4) is 0 Å². The highest BCUT2D eigenvalue weighted by molar-refractivity contribution is 7.92. The van der Waals surface area contributed by atoms with Crippen LogP contribution in [0, 0.1) is 0 Å². The summed E-state index contributed by atoms with van der Waals surface area (Å²) in [6, 6.07) is 8.02. The summed E-state index contributed by atoms with van der Waals surface area (Å²) in [7, 11) is -3.83. The van der Waals surface area contributed by atoms with Crippen molar-refractivity contribution in [3.8, 4) is 0 Å². The van der Waals surface area contributed by atoms with Crippen LogP contribution in [0.15, 0.2) is 39.9 Å². The fourth-order valence-corrected chi connectivity index (χ4v) is 2.50. The largest absolute Gasteiger partial charge is 0.397 e. The number of nitrogens with one attached hydrogen (secondary N) is 1. The first-order valence-electron chi connectivity index (χ1n) is 6.05. The second kappa shape index (κ2) is 4.82. The number of nitrogens with zero attached hydrogens (tertiary/aromatic N) is 1. The van der Waals surface area contributed by atoms with Crippen molar-refractivity contribution < 1.29 is 12.9 Å². The van der Waals surface area contributed by atoms with Gasteiger partial charge in [-0.3, -0.25) is 4.72 Å². The van der Waals surface area contributed by atoms with Crippen molar-refractivity contribution in [2.24, 2.45) is 0 Å². The summed E-state index contributed by atoms with van der Waals surface area (Å²) in [4.78, 5) is 0. The minimum Gasteiger partial charge on any atom is -0.397 e. The fraction of sp³-hybridized carbons (Fsp3) is 0.308. The standard InChI is InChI=1S/C13H17N3O3S/c1-13(2,3)11-8-12(19-15-11)20(17,18)16-10-7-5-4-6-9(10)14/h4-8,16H,14H2,1-3H3. The number of rotatable bonds is 3. The zero-order valence-corrected chi connectivity index (χ0v) is 12.4. The maximum atomic E-state index is 12.2. The minimum absolute atomic E-state index is 0.231. The highest BCUT2D eigenvalue weighted by atomic mass is 32.2. The zero-order valence-electron chi connectivity index (χ0n) is 11.5. The number of hydrogen-bond acceptors (Lipinski definition) is 5. The average molecular weight is 295 g/mol. The number of para-hydroxylation sites is 2. The van der Waals surface area contributed by atoms with E-state index in [2.05, 4.69) is 9.88 Å². The van der Waals surface area contributed by atoms with Crippen LogP contribution in [0.2, 0.25) is 0 Å². The Morgan fingerprint density at radius 1 is 1.25 bits per heavy atom. The summed E-state index contributed by atoms with van der Waals surface area (Å²) in [6.07, 6.45) is 0. The minimum atomic E-state index is -3.83. The Balaban J connectivity index is 2.32. The summed E-state index contributed by atoms with van der Waals surface area (Å²) in [6.45, 7) is 5.76. The number of hydrogen-bond donors (Lipinski definition) is 2. The highest BCUT2D eigenvalue weighted by Crippen LogP contribution is 2.26. The summed E-state index contributed by atoms with van der Waals surface area (Å²) in [5, 5.41) is 3.56. The molecule has 6 nitrogen and oxygen atoms in total. The lowest BCUT2D eigenvalue weighted by molar-refractivity contribution is 0.327. The smallest absolute Gasteiger partial charge is 0.298 e. The maximum absolute atomic E-state index is 12.2. The molecule has 0 spiro atoms. The van der Waals surface area contributed by atoms with Crippen LogP contribution in [0.1, 0.15) is 26.5 Å². The van der Waals surface area contributed by atoms with Gasteiger partial charge in [-0.15, -0.1) is 0 Å². The fourth-order valence-electron chi connectivity index (χ4n) is 1.52. The average Bonchev–Trinajstić information content (AvgIpc) is 2.81. The number of sulfonamides is 1. The predicted molar refractivity (Wildman–Crippen MR) is 76.9 cm³/mol. The molecule has 0 unspecified atom stereocenters.